The van der Waals surface area contributed by atoms with Crippen molar-refractivity contribution in [2.24, 2.45) is 0 Å². The summed E-state index contributed by atoms with van der Waals surface area (Å²) in [5, 5.41) is 26.8. The summed E-state index contributed by atoms with van der Waals surface area (Å²) < 4.78 is 258. The van der Waals surface area contributed by atoms with E-state index in [1.165, 1.54) is 77.9 Å². The molecule has 0 aliphatic heterocycles. The Hall–Kier alpha value is -10.1. The van der Waals surface area contributed by atoms with E-state index in [2.05, 4.69) is 0 Å². The van der Waals surface area contributed by atoms with Gasteiger partial charge in [-0.15, -0.1) is 0 Å². The Morgan fingerprint density at radius 1 is 0.286 bits per heavy atom. The maximum atomic E-state index is 12.6. The van der Waals surface area contributed by atoms with Crippen molar-refractivity contribution >= 4 is 5.69 Å². The van der Waals surface area contributed by atoms with E-state index in [-0.39, 0.29) is 39.5 Å². The fourth-order valence-corrected chi connectivity index (χ4v) is 6.08. The Morgan fingerprint density at radius 2 is 0.725 bits per heavy atom. The highest BCUT2D eigenvalue weighted by atomic mass is 19.2. The summed E-state index contributed by atoms with van der Waals surface area (Å²) in [6.07, 6.45) is 0. The second-order valence-corrected chi connectivity index (χ2v) is 18.4. The number of hydrogen-bond acceptors (Lipinski definition) is 4. The third-order valence-corrected chi connectivity index (χ3v) is 11.0. The van der Waals surface area contributed by atoms with Crippen LogP contribution in [0.1, 0.15) is 61.2 Å². The van der Waals surface area contributed by atoms with Crippen molar-refractivity contribution in [3.8, 4) is 12.1 Å². The number of nitriles is 2. The van der Waals surface area contributed by atoms with Gasteiger partial charge in [0, 0.05) is 41.5 Å². The third kappa shape index (κ3) is 27.0. The first-order valence-corrected chi connectivity index (χ1v) is 25.2. The number of nitrogens with zero attached hydrogens (tertiary/aromatic N) is 3. The molecule has 0 spiro atoms. The zero-order valence-electron chi connectivity index (χ0n) is 48.7. The van der Waals surface area contributed by atoms with Crippen LogP contribution in [-0.4, -0.2) is 4.92 Å². The molecule has 0 aromatic heterocycles. The number of aryl methyl sites for hydroxylation is 7. The van der Waals surface area contributed by atoms with Gasteiger partial charge in [-0.3, -0.25) is 10.1 Å². The number of rotatable bonds is 1. The van der Waals surface area contributed by atoms with Crippen LogP contribution in [0.25, 0.3) is 0 Å². The molecular formula is C65H48F21N3O2. The van der Waals surface area contributed by atoms with E-state index >= 15 is 0 Å². The summed E-state index contributed by atoms with van der Waals surface area (Å²) in [6, 6.07) is 25.9. The molecule has 9 aromatic rings. The normalized spacial score (nSPS) is 9.71. The lowest BCUT2D eigenvalue weighted by molar-refractivity contribution is -0.387. The largest absolute Gasteiger partial charge is 0.305 e. The maximum absolute atomic E-state index is 12.6. The molecule has 9 aromatic carbocycles. The predicted molar refractivity (Wildman–Crippen MR) is 296 cm³/mol. The van der Waals surface area contributed by atoms with Gasteiger partial charge in [-0.05, 0) is 180 Å². The molecular weight excluding hydrogens is 1250 g/mol. The van der Waals surface area contributed by atoms with Gasteiger partial charge >= 0.3 is 5.69 Å². The zero-order chi connectivity index (χ0) is 69.9. The molecule has 26 heteroatoms. The van der Waals surface area contributed by atoms with Gasteiger partial charge in [0.05, 0.1) is 28.2 Å². The first-order valence-electron chi connectivity index (χ1n) is 25.2. The molecule has 0 aliphatic rings. The molecule has 0 atom stereocenters. The molecule has 0 amide bonds. The lowest BCUT2D eigenvalue weighted by Crippen LogP contribution is -1.92. The van der Waals surface area contributed by atoms with Crippen molar-refractivity contribution < 1.29 is 97.1 Å². The highest BCUT2D eigenvalue weighted by Gasteiger charge is 2.14. The van der Waals surface area contributed by atoms with Crippen LogP contribution >= 0.6 is 0 Å². The second-order valence-electron chi connectivity index (χ2n) is 18.4. The summed E-state index contributed by atoms with van der Waals surface area (Å²) in [4.78, 5) is 9.41. The molecule has 0 bridgehead atoms. The van der Waals surface area contributed by atoms with Crippen molar-refractivity contribution in [1.29, 1.82) is 10.5 Å². The Morgan fingerprint density at radius 3 is 1.20 bits per heavy atom. The van der Waals surface area contributed by atoms with Crippen LogP contribution < -0.4 is 0 Å². The van der Waals surface area contributed by atoms with Crippen LogP contribution in [0, 0.1) is 217 Å². The topological polar surface area (TPSA) is 90.7 Å². The molecule has 0 fully saturated rings. The van der Waals surface area contributed by atoms with Gasteiger partial charge in [0.2, 0.25) is 5.82 Å². The van der Waals surface area contributed by atoms with Gasteiger partial charge in [-0.2, -0.15) is 14.9 Å². The van der Waals surface area contributed by atoms with Gasteiger partial charge in [-0.25, -0.2) is 87.8 Å². The minimum Gasteiger partial charge on any atom is -0.258 e. The smallest absolute Gasteiger partial charge is 0.258 e. The number of halogens is 21. The predicted octanol–water partition coefficient (Wildman–Crippen LogP) is 20.5. The number of benzene rings is 9. The lowest BCUT2D eigenvalue weighted by Gasteiger charge is -1.97. The zero-order valence-corrected chi connectivity index (χ0v) is 48.7. The number of hydrogen-bond donors (Lipinski definition) is 0. The van der Waals surface area contributed by atoms with Gasteiger partial charge < -0.3 is 0 Å². The van der Waals surface area contributed by atoms with Gasteiger partial charge in [0.25, 0.3) is 0 Å². The molecule has 0 unspecified atom stereocenters. The average Bonchev–Trinajstić information content (AvgIpc) is 3.38. The molecule has 91 heavy (non-hydrogen) atoms. The number of nitro groups is 1. The van der Waals surface area contributed by atoms with Crippen LogP contribution in [0.3, 0.4) is 0 Å². The van der Waals surface area contributed by atoms with Gasteiger partial charge in [-0.1, -0.05) is 18.2 Å². The second kappa shape index (κ2) is 37.7. The van der Waals surface area contributed by atoms with E-state index in [0.717, 1.165) is 54.1 Å². The van der Waals surface area contributed by atoms with E-state index < -0.39 is 121 Å². The minimum absolute atomic E-state index is 0.0162. The maximum Gasteiger partial charge on any atom is 0.305 e. The standard InChI is InChI=1S/2C8H6FN.6C7H5F3.C7H6FNO2/c1-6-2-7(5-10)4-8(9)3-6;1-6-2-3-7(5-10)4-8(6)9;1-4-6(9)2-5(8)3-7(4)10;1-4-2-6(9)7(10)3-5(4)8;1-4-2-5(8)3-6(9)7(4)10;1-4-2-5(8)7(10)6(9)3-4;1-4-5(8)2-3-6(9)7(4)10;1-4-2-3-5(8)7(10)6(4)9;1-5-2-3-6(8)7(4-5)9(10)11/h2*2-4H,1H3;6*2-3H,1H3;2-4H,1H3. The monoisotopic (exact) mass is 1300 g/mol. The minimum atomic E-state index is -1.41. The highest BCUT2D eigenvalue weighted by Crippen LogP contribution is 2.20. The summed E-state index contributed by atoms with van der Waals surface area (Å²) in [5.41, 5.74) is 2.44. The van der Waals surface area contributed by atoms with Gasteiger partial charge in [0.1, 0.15) is 46.5 Å². The van der Waals surface area contributed by atoms with Crippen molar-refractivity contribution in [2.45, 2.75) is 62.3 Å². The molecule has 0 heterocycles. The van der Waals surface area contributed by atoms with E-state index in [1.54, 1.807) is 39.0 Å². The van der Waals surface area contributed by atoms with E-state index in [4.69, 9.17) is 10.5 Å². The van der Waals surface area contributed by atoms with E-state index in [1.807, 2.05) is 12.1 Å². The summed E-state index contributed by atoms with van der Waals surface area (Å²) in [5.74, 6) is -20.0. The molecule has 0 saturated heterocycles. The Labute approximate surface area is 507 Å². The molecule has 0 N–H and O–H groups in total. The highest BCUT2D eigenvalue weighted by molar-refractivity contribution is 5.36. The van der Waals surface area contributed by atoms with Crippen molar-refractivity contribution in [3.63, 3.8) is 0 Å². The van der Waals surface area contributed by atoms with Crippen molar-refractivity contribution in [2.75, 3.05) is 0 Å². The van der Waals surface area contributed by atoms with Crippen molar-refractivity contribution in [1.82, 2.24) is 0 Å². The van der Waals surface area contributed by atoms with Gasteiger partial charge in [0.15, 0.2) is 69.8 Å². The Balaban J connectivity index is 0.000000512. The molecule has 0 aliphatic carbocycles. The van der Waals surface area contributed by atoms with Crippen LogP contribution in [0.4, 0.5) is 97.9 Å². The first-order chi connectivity index (χ1) is 42.3. The Bertz CT molecular complexity index is 3670. The van der Waals surface area contributed by atoms with E-state index in [0.29, 0.717) is 52.1 Å². The summed E-state index contributed by atoms with van der Waals surface area (Å²) >= 11 is 0. The average molecular weight is 1300 g/mol. The summed E-state index contributed by atoms with van der Waals surface area (Å²) in [7, 11) is 0. The van der Waals surface area contributed by atoms with Crippen LogP contribution in [0.15, 0.2) is 127 Å². The number of nitro benzene ring substituents is 1. The first kappa shape index (κ1) is 78.9. The summed E-state index contributed by atoms with van der Waals surface area (Å²) in [6.45, 7) is 13.1. The molecule has 0 saturated carbocycles. The van der Waals surface area contributed by atoms with Crippen LogP contribution in [-0.2, 0) is 0 Å². The van der Waals surface area contributed by atoms with E-state index in [9.17, 15) is 102 Å². The third-order valence-electron chi connectivity index (χ3n) is 11.0. The quantitative estimate of drug-likeness (QED) is 0.0538. The molecule has 9 rings (SSSR count). The molecule has 0 radical (unpaired) electrons. The van der Waals surface area contributed by atoms with Crippen molar-refractivity contribution in [3.05, 3.63) is 321 Å². The van der Waals surface area contributed by atoms with Crippen LogP contribution in [0.5, 0.6) is 0 Å². The fraction of sp³-hybridized carbons (Fsp3) is 0.138. The lowest BCUT2D eigenvalue weighted by atomic mass is 10.1. The fourth-order valence-electron chi connectivity index (χ4n) is 6.08. The van der Waals surface area contributed by atoms with Crippen LogP contribution in [0.2, 0.25) is 0 Å². The Kier molecular flexibility index (Phi) is 32.7. The molecule has 5 nitrogen and oxygen atoms in total. The molecule has 482 valence electrons. The SMILES string of the molecule is Cc1c(F)cc(F)cc1F.Cc1c(F)ccc(F)c1F.Cc1cc(F)c(F)c(F)c1.Cc1cc(F)c(F)cc1F.Cc1cc(F)cc(C#N)c1.Cc1cc(F)cc(F)c1F.Cc1ccc(C#N)cc1F.Cc1ccc(F)c(F)c1F.Cc1ccc(F)c([N+](=O)[O-])c1.